The topological polar surface area (TPSA) is 55.0 Å². The van der Waals surface area contributed by atoms with Crippen molar-refractivity contribution in [2.45, 2.75) is 38.8 Å². The van der Waals surface area contributed by atoms with Crippen molar-refractivity contribution in [3.8, 4) is 0 Å². The molecule has 0 amide bonds. The van der Waals surface area contributed by atoms with Gasteiger partial charge in [0.2, 0.25) is 0 Å². The third-order valence-corrected chi connectivity index (χ3v) is 3.75. The van der Waals surface area contributed by atoms with E-state index in [1.165, 1.54) is 12.8 Å². The maximum Gasteiger partial charge on any atom is 0.132 e. The van der Waals surface area contributed by atoms with Gasteiger partial charge in [-0.15, -0.1) is 0 Å². The van der Waals surface area contributed by atoms with Crippen molar-refractivity contribution in [2.75, 3.05) is 10.6 Å². The van der Waals surface area contributed by atoms with Gasteiger partial charge in [0.05, 0.1) is 0 Å². The Morgan fingerprint density at radius 3 is 2.75 bits per heavy atom. The van der Waals surface area contributed by atoms with Crippen LogP contribution in [0.5, 0.6) is 0 Å². The molecule has 1 saturated carbocycles. The fourth-order valence-corrected chi connectivity index (χ4v) is 2.38. The molecule has 1 heterocycles. The van der Waals surface area contributed by atoms with Gasteiger partial charge in [-0.2, -0.15) is 0 Å². The summed E-state index contributed by atoms with van der Waals surface area (Å²) in [5, 5.41) is 0. The van der Waals surface area contributed by atoms with E-state index >= 15 is 0 Å². The first kappa shape index (κ1) is 12.9. The lowest BCUT2D eigenvalue weighted by Crippen LogP contribution is -2.26. The molecule has 1 aliphatic carbocycles. The monoisotopic (exact) mass is 268 g/mol. The summed E-state index contributed by atoms with van der Waals surface area (Å²) in [6, 6.07) is 10.7. The highest BCUT2D eigenvalue weighted by atomic mass is 15.2. The molecule has 2 aromatic rings. The summed E-state index contributed by atoms with van der Waals surface area (Å²) in [6.45, 7) is 2.93. The fraction of sp³-hybridized carbons (Fsp3) is 0.375. The second-order valence-corrected chi connectivity index (χ2v) is 5.28. The number of hydrogen-bond donors (Lipinski definition) is 1. The van der Waals surface area contributed by atoms with Crippen molar-refractivity contribution >= 4 is 11.5 Å². The average Bonchev–Trinajstić information content (AvgIpc) is 3.31. The summed E-state index contributed by atoms with van der Waals surface area (Å²) in [6.07, 6.45) is 5.07. The van der Waals surface area contributed by atoms with Gasteiger partial charge in [0.25, 0.3) is 0 Å². The molecule has 0 saturated heterocycles. The Morgan fingerprint density at radius 2 is 2.05 bits per heavy atom. The normalized spacial score (nSPS) is 14.2. The number of benzene rings is 1. The van der Waals surface area contributed by atoms with Gasteiger partial charge >= 0.3 is 0 Å². The molecule has 4 heteroatoms. The molecular weight excluding hydrogens is 248 g/mol. The molecule has 1 aliphatic rings. The van der Waals surface area contributed by atoms with Gasteiger partial charge in [0.1, 0.15) is 12.1 Å². The van der Waals surface area contributed by atoms with Crippen LogP contribution in [0.4, 0.5) is 11.5 Å². The third-order valence-electron chi connectivity index (χ3n) is 3.75. The summed E-state index contributed by atoms with van der Waals surface area (Å²) >= 11 is 0. The lowest BCUT2D eigenvalue weighted by atomic mass is 10.1. The average molecular weight is 268 g/mol. The molecule has 1 aromatic carbocycles. The minimum atomic E-state index is 0.592. The lowest BCUT2D eigenvalue weighted by molar-refractivity contribution is 0.772. The highest BCUT2D eigenvalue weighted by molar-refractivity contribution is 5.50. The lowest BCUT2D eigenvalue weighted by Gasteiger charge is -2.24. The van der Waals surface area contributed by atoms with E-state index in [1.807, 2.05) is 18.2 Å². The second-order valence-electron chi connectivity index (χ2n) is 5.28. The zero-order valence-electron chi connectivity index (χ0n) is 11.8. The quantitative estimate of drug-likeness (QED) is 0.847. The zero-order valence-corrected chi connectivity index (χ0v) is 11.8. The van der Waals surface area contributed by atoms with Crippen LogP contribution in [0, 0.1) is 0 Å². The highest BCUT2D eigenvalue weighted by Gasteiger charge is 2.30. The van der Waals surface area contributed by atoms with Crippen LogP contribution in [-0.2, 0) is 13.0 Å². The van der Waals surface area contributed by atoms with Crippen molar-refractivity contribution in [1.29, 1.82) is 0 Å². The van der Waals surface area contributed by atoms with Crippen LogP contribution in [0.25, 0.3) is 0 Å². The standard InChI is InChI=1S/C16H20N4/c1-2-13-9-16(19-11-18-13)20(14-7-8-14)10-12-5-3-4-6-15(12)17/h3-6,9,11,14H,2,7-8,10,17H2,1H3. The Balaban J connectivity index is 1.87. The molecule has 104 valence electrons. The molecule has 0 radical (unpaired) electrons. The van der Waals surface area contributed by atoms with E-state index in [1.54, 1.807) is 6.33 Å². The summed E-state index contributed by atoms with van der Waals surface area (Å²) in [5.41, 5.74) is 9.16. The van der Waals surface area contributed by atoms with Crippen molar-refractivity contribution in [1.82, 2.24) is 9.97 Å². The van der Waals surface area contributed by atoms with Crippen molar-refractivity contribution in [3.05, 3.63) is 47.9 Å². The van der Waals surface area contributed by atoms with E-state index in [9.17, 15) is 0 Å². The van der Waals surface area contributed by atoms with Crippen LogP contribution in [0.2, 0.25) is 0 Å². The van der Waals surface area contributed by atoms with Crippen LogP contribution in [0.3, 0.4) is 0 Å². The second kappa shape index (κ2) is 5.49. The summed E-state index contributed by atoms with van der Waals surface area (Å²) in [7, 11) is 0. The first-order valence-electron chi connectivity index (χ1n) is 7.19. The molecular formula is C16H20N4. The van der Waals surface area contributed by atoms with Crippen LogP contribution >= 0.6 is 0 Å². The number of aryl methyl sites for hydroxylation is 1. The molecule has 0 bridgehead atoms. The van der Waals surface area contributed by atoms with Gasteiger partial charge in [-0.1, -0.05) is 25.1 Å². The summed E-state index contributed by atoms with van der Waals surface area (Å²) in [5.74, 6) is 1.02. The van der Waals surface area contributed by atoms with Crippen molar-refractivity contribution < 1.29 is 0 Å². The number of nitrogen functional groups attached to an aromatic ring is 1. The Morgan fingerprint density at radius 1 is 1.25 bits per heavy atom. The predicted octanol–water partition coefficient (Wildman–Crippen LogP) is 2.79. The van der Waals surface area contributed by atoms with E-state index in [-0.39, 0.29) is 0 Å². The third kappa shape index (κ3) is 2.74. The number of nitrogens with two attached hydrogens (primary N) is 1. The smallest absolute Gasteiger partial charge is 0.132 e. The minimum absolute atomic E-state index is 0.592. The fourth-order valence-electron chi connectivity index (χ4n) is 2.38. The van der Waals surface area contributed by atoms with Gasteiger partial charge < -0.3 is 10.6 Å². The van der Waals surface area contributed by atoms with E-state index in [2.05, 4.69) is 33.9 Å². The Hall–Kier alpha value is -2.10. The number of para-hydroxylation sites is 1. The van der Waals surface area contributed by atoms with Crippen LogP contribution in [0.1, 0.15) is 31.0 Å². The molecule has 0 aliphatic heterocycles. The largest absolute Gasteiger partial charge is 0.398 e. The number of rotatable bonds is 5. The first-order chi connectivity index (χ1) is 9.78. The van der Waals surface area contributed by atoms with E-state index < -0.39 is 0 Å². The van der Waals surface area contributed by atoms with E-state index in [0.717, 1.165) is 35.7 Å². The first-order valence-corrected chi connectivity index (χ1v) is 7.19. The van der Waals surface area contributed by atoms with Gasteiger partial charge in [0.15, 0.2) is 0 Å². The molecule has 0 unspecified atom stereocenters. The molecule has 20 heavy (non-hydrogen) atoms. The summed E-state index contributed by atoms with van der Waals surface area (Å²) in [4.78, 5) is 11.1. The Labute approximate surface area is 119 Å². The maximum atomic E-state index is 6.06. The van der Waals surface area contributed by atoms with Crippen molar-refractivity contribution in [3.63, 3.8) is 0 Å². The number of hydrogen-bond acceptors (Lipinski definition) is 4. The number of nitrogens with zero attached hydrogens (tertiary/aromatic N) is 3. The highest BCUT2D eigenvalue weighted by Crippen LogP contribution is 2.32. The van der Waals surface area contributed by atoms with Crippen molar-refractivity contribution in [2.24, 2.45) is 0 Å². The number of aromatic nitrogens is 2. The molecule has 3 rings (SSSR count). The molecule has 1 fully saturated rings. The molecule has 0 spiro atoms. The summed E-state index contributed by atoms with van der Waals surface area (Å²) < 4.78 is 0. The number of anilines is 2. The van der Waals surface area contributed by atoms with Crippen LogP contribution in [-0.4, -0.2) is 16.0 Å². The maximum absolute atomic E-state index is 6.06. The van der Waals surface area contributed by atoms with E-state index in [0.29, 0.717) is 6.04 Å². The van der Waals surface area contributed by atoms with Gasteiger partial charge in [-0.3, -0.25) is 0 Å². The Bertz CT molecular complexity index is 593. The molecule has 1 aromatic heterocycles. The van der Waals surface area contributed by atoms with E-state index in [4.69, 9.17) is 5.73 Å². The molecule has 0 atom stereocenters. The van der Waals surface area contributed by atoms with Crippen LogP contribution in [0.15, 0.2) is 36.7 Å². The van der Waals surface area contributed by atoms with Gasteiger partial charge in [-0.05, 0) is 30.9 Å². The van der Waals surface area contributed by atoms with Gasteiger partial charge in [0, 0.05) is 30.0 Å². The van der Waals surface area contributed by atoms with Crippen LogP contribution < -0.4 is 10.6 Å². The van der Waals surface area contributed by atoms with Gasteiger partial charge in [-0.25, -0.2) is 9.97 Å². The molecule has 4 nitrogen and oxygen atoms in total. The minimum Gasteiger partial charge on any atom is -0.398 e. The molecule has 2 N–H and O–H groups in total. The SMILES string of the molecule is CCc1cc(N(Cc2ccccc2N)C2CC2)ncn1. The zero-order chi connectivity index (χ0) is 13.9. The predicted molar refractivity (Wildman–Crippen MR) is 81.5 cm³/mol. The Kier molecular flexibility index (Phi) is 3.54.